The molecule has 7 nitrogen and oxygen atoms in total. The van der Waals surface area contributed by atoms with Crippen molar-refractivity contribution in [2.75, 3.05) is 4.90 Å². The number of anilines is 1. The van der Waals surface area contributed by atoms with Crippen molar-refractivity contribution < 1.29 is 9.72 Å². The third kappa shape index (κ3) is 3.29. The van der Waals surface area contributed by atoms with Crippen LogP contribution in [0.15, 0.2) is 48.5 Å². The highest BCUT2D eigenvalue weighted by Crippen LogP contribution is 2.64. The number of carbonyl (C=O) groups is 1. The third-order valence-electron chi connectivity index (χ3n) is 10.3. The maximum absolute atomic E-state index is 15.1. The molecule has 2 aromatic carbocycles. The van der Waals surface area contributed by atoms with Crippen LogP contribution in [0, 0.1) is 61.4 Å². The molecule has 8 heteroatoms. The van der Waals surface area contributed by atoms with Gasteiger partial charge >= 0.3 is 0 Å². The SMILES string of the molecule is N#CC1(C#N)C(c2ccc(Cl)c([N+](=O)[O-])c2)C(C(=O)C23CC4CC(CC(C4)C2)C3)N2c3ccccc3C=CC21. The lowest BCUT2D eigenvalue weighted by atomic mass is 9.47. The molecule has 6 aliphatic rings. The minimum atomic E-state index is -1.63. The maximum atomic E-state index is 15.1. The van der Waals surface area contributed by atoms with Crippen molar-refractivity contribution in [2.24, 2.45) is 28.6 Å². The molecule has 3 unspecified atom stereocenters. The van der Waals surface area contributed by atoms with Gasteiger partial charge in [-0.05, 0) is 79.5 Å². The van der Waals surface area contributed by atoms with E-state index in [9.17, 15) is 20.6 Å². The summed E-state index contributed by atoms with van der Waals surface area (Å²) in [6.07, 6.45) is 9.88. The lowest BCUT2D eigenvalue weighted by Gasteiger charge is -2.57. The fourth-order valence-electron chi connectivity index (χ4n) is 9.20. The minimum absolute atomic E-state index is 0.0202. The van der Waals surface area contributed by atoms with E-state index >= 15 is 4.79 Å². The summed E-state index contributed by atoms with van der Waals surface area (Å²) in [5.41, 5.74) is -0.247. The highest BCUT2D eigenvalue weighted by molar-refractivity contribution is 6.32. The molecule has 8 rings (SSSR count). The summed E-state index contributed by atoms with van der Waals surface area (Å²) in [7, 11) is 0. The monoisotopic (exact) mass is 538 g/mol. The van der Waals surface area contributed by atoms with Gasteiger partial charge in [-0.15, -0.1) is 0 Å². The molecule has 0 aromatic heterocycles. The molecule has 2 aromatic rings. The summed E-state index contributed by atoms with van der Waals surface area (Å²) >= 11 is 6.18. The molecule has 0 radical (unpaired) electrons. The fourth-order valence-corrected chi connectivity index (χ4v) is 9.38. The first-order valence-electron chi connectivity index (χ1n) is 13.7. The molecule has 2 heterocycles. The number of ketones is 1. The lowest BCUT2D eigenvalue weighted by molar-refractivity contribution is -0.384. The van der Waals surface area contributed by atoms with Gasteiger partial charge in [0.15, 0.2) is 11.2 Å². The number of para-hydroxylation sites is 1. The van der Waals surface area contributed by atoms with Gasteiger partial charge in [-0.2, -0.15) is 10.5 Å². The summed E-state index contributed by atoms with van der Waals surface area (Å²) in [4.78, 5) is 28.4. The second-order valence-electron chi connectivity index (χ2n) is 12.3. The molecule has 0 amide bonds. The molecule has 2 aliphatic heterocycles. The van der Waals surface area contributed by atoms with Crippen LogP contribution in [-0.4, -0.2) is 22.8 Å². The average Bonchev–Trinajstić information content (AvgIpc) is 3.23. The summed E-state index contributed by atoms with van der Waals surface area (Å²) in [5.74, 6) is 0.824. The number of nitro benzene ring substituents is 1. The normalized spacial score (nSPS) is 34.6. The van der Waals surface area contributed by atoms with E-state index in [1.54, 1.807) is 6.07 Å². The van der Waals surface area contributed by atoms with Crippen molar-refractivity contribution in [3.05, 3.63) is 74.8 Å². The molecule has 196 valence electrons. The van der Waals surface area contributed by atoms with E-state index in [1.165, 1.54) is 31.4 Å². The van der Waals surface area contributed by atoms with Crippen LogP contribution in [0.25, 0.3) is 6.08 Å². The molecule has 0 N–H and O–H groups in total. The Kier molecular flexibility index (Phi) is 5.25. The number of fused-ring (bicyclic) bond motifs is 3. The Morgan fingerprint density at radius 1 is 1.03 bits per heavy atom. The number of Topliss-reactive ketones (excluding diaryl/α,β-unsaturated/α-hetero) is 1. The van der Waals surface area contributed by atoms with Gasteiger partial charge in [0.05, 0.1) is 29.1 Å². The Bertz CT molecular complexity index is 1490. The van der Waals surface area contributed by atoms with Gasteiger partial charge in [0.2, 0.25) is 0 Å². The molecule has 1 saturated heterocycles. The van der Waals surface area contributed by atoms with Crippen LogP contribution in [0.1, 0.15) is 55.6 Å². The zero-order valence-electron chi connectivity index (χ0n) is 21.3. The number of hydrogen-bond acceptors (Lipinski definition) is 6. The van der Waals surface area contributed by atoms with E-state index < -0.39 is 33.8 Å². The van der Waals surface area contributed by atoms with Gasteiger partial charge < -0.3 is 4.90 Å². The van der Waals surface area contributed by atoms with Gasteiger partial charge in [0.1, 0.15) is 5.02 Å². The fraction of sp³-hybridized carbons (Fsp3) is 0.452. The van der Waals surface area contributed by atoms with Crippen molar-refractivity contribution in [2.45, 2.75) is 56.5 Å². The van der Waals surface area contributed by atoms with Gasteiger partial charge in [0.25, 0.3) is 5.69 Å². The van der Waals surface area contributed by atoms with Crippen LogP contribution in [0.3, 0.4) is 0 Å². The first-order chi connectivity index (χ1) is 18.8. The van der Waals surface area contributed by atoms with Crippen LogP contribution in [0.4, 0.5) is 11.4 Å². The standard InChI is InChI=1S/C31H27ClN4O3/c32-23-7-5-22(12-25(23)36(38)39)27-28(29(37)30-13-18-9-19(14-30)11-20(10-18)15-30)35-24-4-2-1-3-21(24)6-8-26(35)31(27,16-33)17-34/h1-8,12,18-20,26-28H,9-11,13-15H2. The average molecular weight is 539 g/mol. The summed E-state index contributed by atoms with van der Waals surface area (Å²) in [5, 5.41) is 33.2. The van der Waals surface area contributed by atoms with E-state index in [-0.39, 0.29) is 16.5 Å². The molecular weight excluding hydrogens is 512 g/mol. The van der Waals surface area contributed by atoms with Crippen molar-refractivity contribution >= 4 is 34.8 Å². The number of carbonyl (C=O) groups excluding carboxylic acids is 1. The first kappa shape index (κ1) is 24.4. The zero-order valence-corrected chi connectivity index (χ0v) is 22.1. The van der Waals surface area contributed by atoms with Crippen LogP contribution in [-0.2, 0) is 4.79 Å². The smallest absolute Gasteiger partial charge is 0.288 e. The van der Waals surface area contributed by atoms with Gasteiger partial charge in [-0.3, -0.25) is 14.9 Å². The summed E-state index contributed by atoms with van der Waals surface area (Å²) in [6.45, 7) is 0. The number of nitrogens with zero attached hydrogens (tertiary/aromatic N) is 4. The molecule has 5 fully saturated rings. The van der Waals surface area contributed by atoms with Crippen LogP contribution in [0.2, 0.25) is 5.02 Å². The number of nitro groups is 1. The molecule has 4 saturated carbocycles. The van der Waals surface area contributed by atoms with Crippen LogP contribution >= 0.6 is 11.6 Å². The number of benzene rings is 2. The Hall–Kier alpha value is -3.68. The molecule has 4 bridgehead atoms. The van der Waals surface area contributed by atoms with Crippen molar-refractivity contribution in [1.29, 1.82) is 10.5 Å². The molecule has 0 spiro atoms. The van der Waals surface area contributed by atoms with E-state index in [2.05, 4.69) is 12.1 Å². The highest BCUT2D eigenvalue weighted by atomic mass is 35.5. The number of hydrogen-bond donors (Lipinski definition) is 0. The Morgan fingerprint density at radius 2 is 1.67 bits per heavy atom. The molecule has 3 atom stereocenters. The quantitative estimate of drug-likeness (QED) is 0.327. The first-order valence-corrected chi connectivity index (χ1v) is 14.0. The van der Waals surface area contributed by atoms with Crippen molar-refractivity contribution in [3.63, 3.8) is 0 Å². The van der Waals surface area contributed by atoms with Gasteiger partial charge in [-0.25, -0.2) is 0 Å². The van der Waals surface area contributed by atoms with Crippen molar-refractivity contribution in [1.82, 2.24) is 0 Å². The zero-order chi connectivity index (χ0) is 27.1. The van der Waals surface area contributed by atoms with E-state index in [0.717, 1.165) is 30.5 Å². The van der Waals surface area contributed by atoms with E-state index in [4.69, 9.17) is 11.6 Å². The minimum Gasteiger partial charge on any atom is -0.351 e. The second kappa shape index (κ2) is 8.41. The third-order valence-corrected chi connectivity index (χ3v) is 10.6. The molecular formula is C31H27ClN4O3. The van der Waals surface area contributed by atoms with E-state index in [0.29, 0.717) is 23.3 Å². The predicted octanol–water partition coefficient (Wildman–Crippen LogP) is 6.44. The summed E-state index contributed by atoms with van der Waals surface area (Å²) < 4.78 is 0. The van der Waals surface area contributed by atoms with Gasteiger partial charge in [0, 0.05) is 23.1 Å². The maximum Gasteiger partial charge on any atom is 0.288 e. The molecule has 4 aliphatic carbocycles. The predicted molar refractivity (Wildman–Crippen MR) is 146 cm³/mol. The van der Waals surface area contributed by atoms with E-state index in [1.807, 2.05) is 41.3 Å². The van der Waals surface area contributed by atoms with Crippen molar-refractivity contribution in [3.8, 4) is 12.1 Å². The second-order valence-corrected chi connectivity index (χ2v) is 12.7. The Balaban J connectivity index is 1.46. The van der Waals surface area contributed by atoms with Crippen LogP contribution in [0.5, 0.6) is 0 Å². The topological polar surface area (TPSA) is 111 Å². The Labute approximate surface area is 231 Å². The number of rotatable bonds is 4. The van der Waals surface area contributed by atoms with Crippen LogP contribution < -0.4 is 4.90 Å². The molecule has 39 heavy (non-hydrogen) atoms. The lowest BCUT2D eigenvalue weighted by Crippen LogP contribution is -2.56. The number of halogens is 1. The highest BCUT2D eigenvalue weighted by Gasteiger charge is 2.67. The summed E-state index contributed by atoms with van der Waals surface area (Å²) in [6, 6.07) is 15.4. The largest absolute Gasteiger partial charge is 0.351 e. The van der Waals surface area contributed by atoms with Gasteiger partial charge in [-0.1, -0.05) is 48.0 Å². The number of nitriles is 2. The Morgan fingerprint density at radius 3 is 2.28 bits per heavy atom.